The summed E-state index contributed by atoms with van der Waals surface area (Å²) in [7, 11) is 0. The van der Waals surface area contributed by atoms with Crippen LogP contribution in [-0.2, 0) is 6.42 Å². The first-order valence-corrected chi connectivity index (χ1v) is 6.58. The molecule has 2 atom stereocenters. The Hall–Kier alpha value is -0.600. The van der Waals surface area contributed by atoms with E-state index in [0.717, 1.165) is 24.9 Å². The number of nitrogens with one attached hydrogen (secondary N) is 1. The van der Waals surface area contributed by atoms with E-state index in [1.54, 1.807) is 6.07 Å². The number of hydrogen-bond donors (Lipinski definition) is 1. The average molecular weight is 258 g/mol. The summed E-state index contributed by atoms with van der Waals surface area (Å²) in [5.41, 5.74) is 1.10. The van der Waals surface area contributed by atoms with Crippen LogP contribution >= 0.6 is 11.6 Å². The Labute approximate surface area is 108 Å². The molecule has 0 aliphatic rings. The highest BCUT2D eigenvalue weighted by Gasteiger charge is 2.09. The van der Waals surface area contributed by atoms with E-state index in [-0.39, 0.29) is 10.8 Å². The molecule has 2 unspecified atom stereocenters. The fourth-order valence-corrected chi connectivity index (χ4v) is 2.39. The SMILES string of the molecule is CCNC(C)CC(C)Cc1ccc(F)c(Cl)c1. The molecule has 0 radical (unpaired) electrons. The Morgan fingerprint density at radius 1 is 1.35 bits per heavy atom. The molecule has 1 aromatic carbocycles. The Kier molecular flexibility index (Phi) is 5.93. The lowest BCUT2D eigenvalue weighted by Gasteiger charge is -2.18. The van der Waals surface area contributed by atoms with Crippen molar-refractivity contribution >= 4 is 11.6 Å². The predicted molar refractivity (Wildman–Crippen MR) is 72.0 cm³/mol. The van der Waals surface area contributed by atoms with Gasteiger partial charge in [-0.1, -0.05) is 31.5 Å². The number of hydrogen-bond acceptors (Lipinski definition) is 1. The lowest BCUT2D eigenvalue weighted by Crippen LogP contribution is -2.27. The van der Waals surface area contributed by atoms with E-state index in [2.05, 4.69) is 26.1 Å². The van der Waals surface area contributed by atoms with Crippen LogP contribution < -0.4 is 5.32 Å². The van der Waals surface area contributed by atoms with Gasteiger partial charge < -0.3 is 5.32 Å². The normalized spacial score (nSPS) is 14.6. The monoisotopic (exact) mass is 257 g/mol. The molecule has 0 saturated carbocycles. The molecule has 17 heavy (non-hydrogen) atoms. The summed E-state index contributed by atoms with van der Waals surface area (Å²) in [5, 5.41) is 3.61. The maximum Gasteiger partial charge on any atom is 0.141 e. The predicted octanol–water partition coefficient (Wildman–Crippen LogP) is 4.05. The molecule has 0 aliphatic carbocycles. The summed E-state index contributed by atoms with van der Waals surface area (Å²) in [6.07, 6.45) is 2.05. The zero-order valence-electron chi connectivity index (χ0n) is 10.8. The van der Waals surface area contributed by atoms with Gasteiger partial charge in [-0.15, -0.1) is 0 Å². The summed E-state index contributed by atoms with van der Waals surface area (Å²) in [4.78, 5) is 0. The summed E-state index contributed by atoms with van der Waals surface area (Å²) in [5.74, 6) is 0.217. The van der Waals surface area contributed by atoms with E-state index in [1.165, 1.54) is 6.07 Å². The zero-order valence-corrected chi connectivity index (χ0v) is 11.5. The maximum absolute atomic E-state index is 13.0. The van der Waals surface area contributed by atoms with E-state index < -0.39 is 0 Å². The van der Waals surface area contributed by atoms with E-state index in [9.17, 15) is 4.39 Å². The fourth-order valence-electron chi connectivity index (χ4n) is 2.19. The molecule has 96 valence electrons. The molecular weight excluding hydrogens is 237 g/mol. The Bertz CT molecular complexity index is 354. The first-order chi connectivity index (χ1) is 8.02. The van der Waals surface area contributed by atoms with Gasteiger partial charge in [0.15, 0.2) is 0 Å². The first-order valence-electron chi connectivity index (χ1n) is 6.20. The molecule has 1 N–H and O–H groups in total. The number of halogens is 2. The number of benzene rings is 1. The van der Waals surface area contributed by atoms with Gasteiger partial charge in [-0.05, 0) is 49.9 Å². The van der Waals surface area contributed by atoms with E-state index in [0.29, 0.717) is 12.0 Å². The second-order valence-corrected chi connectivity index (χ2v) is 5.16. The highest BCUT2D eigenvalue weighted by atomic mass is 35.5. The molecule has 0 spiro atoms. The molecule has 0 bridgehead atoms. The highest BCUT2D eigenvalue weighted by Crippen LogP contribution is 2.20. The lowest BCUT2D eigenvalue weighted by atomic mass is 9.95. The van der Waals surface area contributed by atoms with Crippen molar-refractivity contribution in [1.82, 2.24) is 5.32 Å². The third-order valence-corrected chi connectivity index (χ3v) is 3.17. The third-order valence-electron chi connectivity index (χ3n) is 2.88. The molecule has 0 heterocycles. The first kappa shape index (κ1) is 14.5. The molecule has 0 fully saturated rings. The minimum atomic E-state index is -0.343. The zero-order chi connectivity index (χ0) is 12.8. The molecule has 0 aliphatic heterocycles. The Morgan fingerprint density at radius 2 is 2.06 bits per heavy atom. The van der Waals surface area contributed by atoms with Gasteiger partial charge in [-0.2, -0.15) is 0 Å². The van der Waals surface area contributed by atoms with Gasteiger partial charge in [-0.3, -0.25) is 0 Å². The van der Waals surface area contributed by atoms with E-state index in [1.807, 2.05) is 6.07 Å². The van der Waals surface area contributed by atoms with Crippen molar-refractivity contribution in [2.24, 2.45) is 5.92 Å². The smallest absolute Gasteiger partial charge is 0.141 e. The van der Waals surface area contributed by atoms with Gasteiger partial charge in [0.05, 0.1) is 5.02 Å². The van der Waals surface area contributed by atoms with Crippen LogP contribution in [-0.4, -0.2) is 12.6 Å². The summed E-state index contributed by atoms with van der Waals surface area (Å²) >= 11 is 5.77. The van der Waals surface area contributed by atoms with Gasteiger partial charge in [-0.25, -0.2) is 4.39 Å². The van der Waals surface area contributed by atoms with Crippen LogP contribution in [0.25, 0.3) is 0 Å². The van der Waals surface area contributed by atoms with E-state index in [4.69, 9.17) is 11.6 Å². The van der Waals surface area contributed by atoms with Crippen molar-refractivity contribution in [3.05, 3.63) is 34.6 Å². The maximum atomic E-state index is 13.0. The van der Waals surface area contributed by atoms with Gasteiger partial charge in [0.1, 0.15) is 5.82 Å². The van der Waals surface area contributed by atoms with Gasteiger partial charge in [0, 0.05) is 6.04 Å². The summed E-state index contributed by atoms with van der Waals surface area (Å²) < 4.78 is 13.0. The molecule has 0 aromatic heterocycles. The standard InChI is InChI=1S/C14H21ClFN/c1-4-17-11(3)7-10(2)8-12-5-6-14(16)13(15)9-12/h5-6,9-11,17H,4,7-8H2,1-3H3. The van der Waals surface area contributed by atoms with Gasteiger partial charge >= 0.3 is 0 Å². The van der Waals surface area contributed by atoms with Crippen molar-refractivity contribution < 1.29 is 4.39 Å². The lowest BCUT2D eigenvalue weighted by molar-refractivity contribution is 0.426. The minimum Gasteiger partial charge on any atom is -0.315 e. The molecular formula is C14H21ClFN. The Morgan fingerprint density at radius 3 is 2.65 bits per heavy atom. The summed E-state index contributed by atoms with van der Waals surface area (Å²) in [6.45, 7) is 7.51. The van der Waals surface area contributed by atoms with Gasteiger partial charge in [0.2, 0.25) is 0 Å². The van der Waals surface area contributed by atoms with Crippen LogP contribution in [0.2, 0.25) is 5.02 Å². The molecule has 0 saturated heterocycles. The third kappa shape index (κ3) is 5.05. The minimum absolute atomic E-state index is 0.217. The van der Waals surface area contributed by atoms with Crippen LogP contribution in [0, 0.1) is 11.7 Å². The second kappa shape index (κ2) is 6.97. The van der Waals surface area contributed by atoms with Crippen LogP contribution in [0.5, 0.6) is 0 Å². The summed E-state index contributed by atoms with van der Waals surface area (Å²) in [6, 6.07) is 5.50. The molecule has 1 nitrogen and oxygen atoms in total. The fraction of sp³-hybridized carbons (Fsp3) is 0.571. The second-order valence-electron chi connectivity index (χ2n) is 4.75. The van der Waals surface area contributed by atoms with Crippen molar-refractivity contribution in [1.29, 1.82) is 0 Å². The largest absolute Gasteiger partial charge is 0.315 e. The van der Waals surface area contributed by atoms with Crippen LogP contribution in [0.4, 0.5) is 4.39 Å². The van der Waals surface area contributed by atoms with Gasteiger partial charge in [0.25, 0.3) is 0 Å². The van der Waals surface area contributed by atoms with Crippen molar-refractivity contribution in [3.63, 3.8) is 0 Å². The average Bonchev–Trinajstić information content (AvgIpc) is 2.23. The molecule has 3 heteroatoms. The van der Waals surface area contributed by atoms with Crippen molar-refractivity contribution in [3.8, 4) is 0 Å². The van der Waals surface area contributed by atoms with Crippen LogP contribution in [0.3, 0.4) is 0 Å². The van der Waals surface area contributed by atoms with E-state index >= 15 is 0 Å². The van der Waals surface area contributed by atoms with Crippen molar-refractivity contribution in [2.75, 3.05) is 6.54 Å². The molecule has 1 aromatic rings. The quantitative estimate of drug-likeness (QED) is 0.811. The number of rotatable bonds is 6. The molecule has 0 amide bonds. The van der Waals surface area contributed by atoms with Crippen LogP contribution in [0.1, 0.15) is 32.8 Å². The van der Waals surface area contributed by atoms with Crippen LogP contribution in [0.15, 0.2) is 18.2 Å². The topological polar surface area (TPSA) is 12.0 Å². The molecule has 1 rings (SSSR count). The Balaban J connectivity index is 2.50. The highest BCUT2D eigenvalue weighted by molar-refractivity contribution is 6.30. The van der Waals surface area contributed by atoms with Crippen molar-refractivity contribution in [2.45, 2.75) is 39.7 Å².